The Bertz CT molecular complexity index is 282. The second-order valence-corrected chi connectivity index (χ2v) is 4.77. The third kappa shape index (κ3) is 3.95. The first-order valence-corrected chi connectivity index (χ1v) is 6.04. The maximum Gasteiger partial charge on any atom is 0.0243 e. The van der Waals surface area contributed by atoms with Gasteiger partial charge < -0.3 is 5.32 Å². The minimum atomic E-state index is 0.588. The molecule has 0 aliphatic carbocycles. The van der Waals surface area contributed by atoms with Gasteiger partial charge in [-0.25, -0.2) is 0 Å². The Morgan fingerprint density at radius 1 is 1.19 bits per heavy atom. The van der Waals surface area contributed by atoms with Crippen LogP contribution < -0.4 is 5.32 Å². The molecule has 0 aliphatic rings. The lowest BCUT2D eigenvalue weighted by Crippen LogP contribution is -2.42. The van der Waals surface area contributed by atoms with E-state index >= 15 is 0 Å². The molecule has 0 heterocycles. The molecule has 1 N–H and O–H groups in total. The van der Waals surface area contributed by atoms with Crippen LogP contribution in [0.5, 0.6) is 0 Å². The normalized spacial score (nSPS) is 13.4. The summed E-state index contributed by atoms with van der Waals surface area (Å²) < 4.78 is 0. The molecule has 0 saturated carbocycles. The van der Waals surface area contributed by atoms with Crippen molar-refractivity contribution in [3.05, 3.63) is 35.9 Å². The standard InChI is InChI=1S/C14H24N2/c1-12(2)14(10-15-3)16(4)11-13-8-6-5-7-9-13/h5-9,12,14-15H,10-11H2,1-4H3. The van der Waals surface area contributed by atoms with Gasteiger partial charge in [0.1, 0.15) is 0 Å². The first-order chi connectivity index (χ1) is 7.65. The van der Waals surface area contributed by atoms with Gasteiger partial charge in [-0.3, -0.25) is 4.90 Å². The molecule has 2 heteroatoms. The van der Waals surface area contributed by atoms with E-state index in [9.17, 15) is 0 Å². The van der Waals surface area contributed by atoms with Gasteiger partial charge in [0, 0.05) is 19.1 Å². The molecular formula is C14H24N2. The highest BCUT2D eigenvalue weighted by Crippen LogP contribution is 2.12. The summed E-state index contributed by atoms with van der Waals surface area (Å²) in [6.45, 7) is 6.62. The molecule has 0 aliphatic heterocycles. The van der Waals surface area contributed by atoms with Gasteiger partial charge in [0.25, 0.3) is 0 Å². The van der Waals surface area contributed by atoms with Crippen LogP contribution in [0.2, 0.25) is 0 Å². The van der Waals surface area contributed by atoms with Gasteiger partial charge in [-0.2, -0.15) is 0 Å². The Balaban J connectivity index is 2.58. The van der Waals surface area contributed by atoms with Gasteiger partial charge in [-0.15, -0.1) is 0 Å². The second kappa shape index (κ2) is 6.66. The van der Waals surface area contributed by atoms with Crippen LogP contribution in [0, 0.1) is 5.92 Å². The Labute approximate surface area is 99.7 Å². The molecule has 1 aromatic carbocycles. The van der Waals surface area contributed by atoms with E-state index in [0.29, 0.717) is 12.0 Å². The zero-order chi connectivity index (χ0) is 12.0. The quantitative estimate of drug-likeness (QED) is 0.792. The minimum absolute atomic E-state index is 0.588. The zero-order valence-corrected chi connectivity index (χ0v) is 10.9. The maximum absolute atomic E-state index is 3.27. The van der Waals surface area contributed by atoms with Crippen molar-refractivity contribution in [1.29, 1.82) is 0 Å². The summed E-state index contributed by atoms with van der Waals surface area (Å²) in [5.74, 6) is 0.668. The lowest BCUT2D eigenvalue weighted by molar-refractivity contribution is 0.182. The highest BCUT2D eigenvalue weighted by atomic mass is 15.1. The highest BCUT2D eigenvalue weighted by molar-refractivity contribution is 5.14. The van der Waals surface area contributed by atoms with E-state index in [1.807, 2.05) is 7.05 Å². The van der Waals surface area contributed by atoms with E-state index in [4.69, 9.17) is 0 Å². The predicted molar refractivity (Wildman–Crippen MR) is 70.5 cm³/mol. The third-order valence-corrected chi connectivity index (χ3v) is 3.02. The smallest absolute Gasteiger partial charge is 0.0243 e. The summed E-state index contributed by atoms with van der Waals surface area (Å²) in [5, 5.41) is 3.27. The third-order valence-electron chi connectivity index (χ3n) is 3.02. The summed E-state index contributed by atoms with van der Waals surface area (Å²) in [7, 11) is 4.22. The molecule has 0 saturated heterocycles. The van der Waals surface area contributed by atoms with Crippen LogP contribution in [-0.2, 0) is 6.54 Å². The number of benzene rings is 1. The molecule has 0 amide bonds. The fourth-order valence-electron chi connectivity index (χ4n) is 2.10. The Hall–Kier alpha value is -0.860. The first-order valence-electron chi connectivity index (χ1n) is 6.04. The molecule has 90 valence electrons. The second-order valence-electron chi connectivity index (χ2n) is 4.77. The molecule has 0 aromatic heterocycles. The molecule has 16 heavy (non-hydrogen) atoms. The molecule has 1 rings (SSSR count). The maximum atomic E-state index is 3.27. The lowest BCUT2D eigenvalue weighted by atomic mass is 10.0. The Morgan fingerprint density at radius 2 is 1.81 bits per heavy atom. The number of rotatable bonds is 6. The monoisotopic (exact) mass is 220 g/mol. The molecule has 1 aromatic rings. The molecule has 1 unspecified atom stereocenters. The molecule has 0 bridgehead atoms. The predicted octanol–water partition coefficient (Wildman–Crippen LogP) is 2.36. The van der Waals surface area contributed by atoms with E-state index in [1.165, 1.54) is 5.56 Å². The van der Waals surface area contributed by atoms with E-state index in [2.05, 4.69) is 61.4 Å². The Kier molecular flexibility index (Phi) is 5.50. The summed E-state index contributed by atoms with van der Waals surface area (Å²) in [5.41, 5.74) is 1.38. The topological polar surface area (TPSA) is 15.3 Å². The van der Waals surface area contributed by atoms with Crippen LogP contribution in [0.4, 0.5) is 0 Å². The first kappa shape index (κ1) is 13.2. The number of likely N-dealkylation sites (N-methyl/N-ethyl adjacent to an activating group) is 2. The largest absolute Gasteiger partial charge is 0.318 e. The van der Waals surface area contributed by atoms with Crippen molar-refractivity contribution in [2.24, 2.45) is 5.92 Å². The summed E-state index contributed by atoms with van der Waals surface area (Å²) in [4.78, 5) is 2.43. The van der Waals surface area contributed by atoms with E-state index < -0.39 is 0 Å². The van der Waals surface area contributed by atoms with Crippen LogP contribution in [-0.4, -0.2) is 31.6 Å². The summed E-state index contributed by atoms with van der Waals surface area (Å²) in [6.07, 6.45) is 0. The van der Waals surface area contributed by atoms with E-state index in [0.717, 1.165) is 13.1 Å². The summed E-state index contributed by atoms with van der Waals surface area (Å²) in [6, 6.07) is 11.2. The molecule has 0 radical (unpaired) electrons. The summed E-state index contributed by atoms with van der Waals surface area (Å²) >= 11 is 0. The van der Waals surface area contributed by atoms with Gasteiger partial charge in [-0.1, -0.05) is 44.2 Å². The van der Waals surface area contributed by atoms with Crippen LogP contribution >= 0.6 is 0 Å². The molecular weight excluding hydrogens is 196 g/mol. The molecule has 2 nitrogen and oxygen atoms in total. The Morgan fingerprint density at radius 3 is 2.31 bits per heavy atom. The van der Waals surface area contributed by atoms with Crippen molar-refractivity contribution in [3.8, 4) is 0 Å². The van der Waals surface area contributed by atoms with Crippen molar-refractivity contribution in [1.82, 2.24) is 10.2 Å². The number of hydrogen-bond acceptors (Lipinski definition) is 2. The van der Waals surface area contributed by atoms with E-state index in [1.54, 1.807) is 0 Å². The van der Waals surface area contributed by atoms with Crippen molar-refractivity contribution in [2.45, 2.75) is 26.4 Å². The van der Waals surface area contributed by atoms with Crippen molar-refractivity contribution < 1.29 is 0 Å². The minimum Gasteiger partial charge on any atom is -0.318 e. The lowest BCUT2D eigenvalue weighted by Gasteiger charge is -2.31. The van der Waals surface area contributed by atoms with Gasteiger partial charge in [-0.05, 0) is 25.6 Å². The average molecular weight is 220 g/mol. The van der Waals surface area contributed by atoms with Gasteiger partial charge in [0.05, 0.1) is 0 Å². The van der Waals surface area contributed by atoms with Crippen LogP contribution in [0.25, 0.3) is 0 Å². The highest BCUT2D eigenvalue weighted by Gasteiger charge is 2.17. The van der Waals surface area contributed by atoms with Crippen LogP contribution in [0.15, 0.2) is 30.3 Å². The van der Waals surface area contributed by atoms with Crippen LogP contribution in [0.1, 0.15) is 19.4 Å². The van der Waals surface area contributed by atoms with Crippen LogP contribution in [0.3, 0.4) is 0 Å². The van der Waals surface area contributed by atoms with Gasteiger partial charge >= 0.3 is 0 Å². The number of hydrogen-bond donors (Lipinski definition) is 1. The van der Waals surface area contributed by atoms with E-state index in [-0.39, 0.29) is 0 Å². The number of nitrogens with zero attached hydrogens (tertiary/aromatic N) is 1. The van der Waals surface area contributed by atoms with Gasteiger partial charge in [0.15, 0.2) is 0 Å². The van der Waals surface area contributed by atoms with Crippen molar-refractivity contribution >= 4 is 0 Å². The van der Waals surface area contributed by atoms with Gasteiger partial charge in [0.2, 0.25) is 0 Å². The average Bonchev–Trinajstić information content (AvgIpc) is 2.26. The zero-order valence-electron chi connectivity index (χ0n) is 10.9. The number of nitrogens with one attached hydrogen (secondary N) is 1. The molecule has 0 spiro atoms. The fourth-order valence-corrected chi connectivity index (χ4v) is 2.10. The molecule has 0 fully saturated rings. The fraction of sp³-hybridized carbons (Fsp3) is 0.571. The van der Waals surface area contributed by atoms with Crippen molar-refractivity contribution in [2.75, 3.05) is 20.6 Å². The molecule has 1 atom stereocenters. The van der Waals surface area contributed by atoms with Crippen molar-refractivity contribution in [3.63, 3.8) is 0 Å². The SMILES string of the molecule is CNCC(C(C)C)N(C)Cc1ccccc1.